The first-order valence-electron chi connectivity index (χ1n) is 6.46. The summed E-state index contributed by atoms with van der Waals surface area (Å²) in [5.74, 6) is 0.567. The van der Waals surface area contributed by atoms with Crippen LogP contribution in [0.1, 0.15) is 5.56 Å². The second kappa shape index (κ2) is 3.87. The zero-order valence-corrected chi connectivity index (χ0v) is 11.0. The molecule has 0 radical (unpaired) electrons. The van der Waals surface area contributed by atoms with Crippen LogP contribution in [-0.2, 0) is 0 Å². The number of oxazole rings is 1. The molecule has 0 saturated carbocycles. The molecule has 3 N–H and O–H groups in total. The van der Waals surface area contributed by atoms with Gasteiger partial charge in [-0.05, 0) is 30.7 Å². The van der Waals surface area contributed by atoms with Crippen LogP contribution in [0, 0.1) is 6.92 Å². The minimum Gasteiger partial charge on any atom is -0.434 e. The van der Waals surface area contributed by atoms with Crippen LogP contribution in [0.25, 0.3) is 33.6 Å². The van der Waals surface area contributed by atoms with Gasteiger partial charge < -0.3 is 15.1 Å². The number of benzene rings is 2. The number of H-pyrrole nitrogens is 1. The lowest BCUT2D eigenvalue weighted by Crippen LogP contribution is -1.87. The molecule has 0 fully saturated rings. The Morgan fingerprint density at radius 1 is 1.15 bits per heavy atom. The van der Waals surface area contributed by atoms with Crippen LogP contribution in [0.5, 0.6) is 0 Å². The van der Waals surface area contributed by atoms with E-state index in [9.17, 15) is 0 Å². The Kier molecular flexibility index (Phi) is 2.15. The van der Waals surface area contributed by atoms with Crippen molar-refractivity contribution in [1.29, 1.82) is 0 Å². The number of hydrogen-bond donors (Lipinski definition) is 2. The molecule has 4 heteroatoms. The lowest BCUT2D eigenvalue weighted by atomic mass is 10.2. The Hall–Kier alpha value is -2.75. The molecule has 0 aliphatic heterocycles. The van der Waals surface area contributed by atoms with Crippen LogP contribution in [0.4, 0.5) is 5.69 Å². The largest absolute Gasteiger partial charge is 0.434 e. The van der Waals surface area contributed by atoms with Crippen molar-refractivity contribution in [3.63, 3.8) is 0 Å². The summed E-state index contributed by atoms with van der Waals surface area (Å²) in [6.07, 6.45) is 0. The SMILES string of the molecule is Cc1ccc(N)c2nc(-c3cc4ccccc4[nH]3)oc12. The predicted octanol–water partition coefficient (Wildman–Crippen LogP) is 3.87. The first-order valence-corrected chi connectivity index (χ1v) is 6.46. The van der Waals surface area contributed by atoms with E-state index < -0.39 is 0 Å². The van der Waals surface area contributed by atoms with Gasteiger partial charge in [0.25, 0.3) is 0 Å². The molecule has 0 bridgehead atoms. The van der Waals surface area contributed by atoms with Crippen molar-refractivity contribution in [2.45, 2.75) is 6.92 Å². The number of aromatic amines is 1. The number of para-hydroxylation sites is 1. The monoisotopic (exact) mass is 263 g/mol. The normalized spacial score (nSPS) is 11.4. The summed E-state index contributed by atoms with van der Waals surface area (Å²) in [5.41, 5.74) is 11.0. The fourth-order valence-electron chi connectivity index (χ4n) is 2.46. The van der Waals surface area contributed by atoms with Crippen molar-refractivity contribution in [2.75, 3.05) is 5.73 Å². The Morgan fingerprint density at radius 2 is 2.00 bits per heavy atom. The van der Waals surface area contributed by atoms with Gasteiger partial charge in [-0.3, -0.25) is 0 Å². The van der Waals surface area contributed by atoms with Crippen LogP contribution < -0.4 is 5.73 Å². The molecule has 2 aromatic carbocycles. The third-order valence-electron chi connectivity index (χ3n) is 3.53. The maximum absolute atomic E-state index is 5.96. The van der Waals surface area contributed by atoms with E-state index in [2.05, 4.69) is 16.0 Å². The summed E-state index contributed by atoms with van der Waals surface area (Å²) < 4.78 is 5.87. The minimum absolute atomic E-state index is 0.567. The van der Waals surface area contributed by atoms with Crippen LogP contribution >= 0.6 is 0 Å². The van der Waals surface area contributed by atoms with Crippen LogP contribution in [0.3, 0.4) is 0 Å². The molecular formula is C16H13N3O. The first kappa shape index (κ1) is 11.1. The minimum atomic E-state index is 0.567. The average Bonchev–Trinajstić information content (AvgIpc) is 3.06. The van der Waals surface area contributed by atoms with E-state index in [1.54, 1.807) is 0 Å². The lowest BCUT2D eigenvalue weighted by molar-refractivity contribution is 0.615. The third-order valence-corrected chi connectivity index (χ3v) is 3.53. The van der Waals surface area contributed by atoms with Gasteiger partial charge in [0.1, 0.15) is 11.2 Å². The molecule has 0 spiro atoms. The number of nitrogens with two attached hydrogens (primary N) is 1. The number of fused-ring (bicyclic) bond motifs is 2. The molecule has 4 rings (SSSR count). The molecule has 0 unspecified atom stereocenters. The molecule has 0 atom stereocenters. The second-order valence-corrected chi connectivity index (χ2v) is 4.94. The van der Waals surface area contributed by atoms with Gasteiger partial charge >= 0.3 is 0 Å². The van der Waals surface area contributed by atoms with Crippen molar-refractivity contribution in [2.24, 2.45) is 0 Å². The molecule has 0 amide bonds. The number of nitrogens with one attached hydrogen (secondary N) is 1. The van der Waals surface area contributed by atoms with E-state index in [4.69, 9.17) is 10.2 Å². The molecule has 0 saturated heterocycles. The summed E-state index contributed by atoms with van der Waals surface area (Å²) in [5, 5.41) is 1.13. The highest BCUT2D eigenvalue weighted by Crippen LogP contribution is 2.30. The Labute approximate surface area is 115 Å². The van der Waals surface area contributed by atoms with E-state index >= 15 is 0 Å². The highest BCUT2D eigenvalue weighted by atomic mass is 16.3. The first-order chi connectivity index (χ1) is 9.72. The predicted molar refractivity (Wildman–Crippen MR) is 80.5 cm³/mol. The maximum Gasteiger partial charge on any atom is 0.244 e. The van der Waals surface area contributed by atoms with E-state index in [0.717, 1.165) is 33.3 Å². The zero-order chi connectivity index (χ0) is 13.7. The van der Waals surface area contributed by atoms with E-state index in [0.29, 0.717) is 11.6 Å². The summed E-state index contributed by atoms with van der Waals surface area (Å²) in [7, 11) is 0. The van der Waals surface area contributed by atoms with Gasteiger partial charge in [0, 0.05) is 10.9 Å². The molecular weight excluding hydrogens is 250 g/mol. The molecule has 2 heterocycles. The molecule has 0 aliphatic carbocycles. The van der Waals surface area contributed by atoms with Gasteiger partial charge in [0.2, 0.25) is 5.89 Å². The summed E-state index contributed by atoms with van der Waals surface area (Å²) >= 11 is 0. The number of anilines is 1. The van der Waals surface area contributed by atoms with Gasteiger partial charge in [0.05, 0.1) is 5.69 Å². The summed E-state index contributed by atoms with van der Waals surface area (Å²) in [6, 6.07) is 13.9. The van der Waals surface area contributed by atoms with Gasteiger partial charge in [-0.25, -0.2) is 4.98 Å². The molecule has 0 aliphatic rings. The topological polar surface area (TPSA) is 67.8 Å². The molecule has 4 nitrogen and oxygen atoms in total. The Bertz CT molecular complexity index is 861. The average molecular weight is 263 g/mol. The highest BCUT2D eigenvalue weighted by Gasteiger charge is 2.14. The highest BCUT2D eigenvalue weighted by molar-refractivity contribution is 5.90. The van der Waals surface area contributed by atoms with Crippen LogP contribution in [0.15, 0.2) is 46.9 Å². The number of aryl methyl sites for hydroxylation is 1. The van der Waals surface area contributed by atoms with Gasteiger partial charge in [-0.15, -0.1) is 0 Å². The number of hydrogen-bond acceptors (Lipinski definition) is 3. The van der Waals surface area contributed by atoms with Crippen molar-refractivity contribution in [3.05, 3.63) is 48.0 Å². The Balaban J connectivity index is 1.98. The number of aromatic nitrogens is 2. The summed E-state index contributed by atoms with van der Waals surface area (Å²) in [4.78, 5) is 7.83. The quantitative estimate of drug-likeness (QED) is 0.512. The van der Waals surface area contributed by atoms with E-state index in [1.807, 2.05) is 43.3 Å². The van der Waals surface area contributed by atoms with Crippen LogP contribution in [-0.4, -0.2) is 9.97 Å². The summed E-state index contributed by atoms with van der Waals surface area (Å²) in [6.45, 7) is 1.99. The zero-order valence-electron chi connectivity index (χ0n) is 11.0. The fraction of sp³-hybridized carbons (Fsp3) is 0.0625. The number of nitrogens with zero attached hydrogens (tertiary/aromatic N) is 1. The molecule has 98 valence electrons. The van der Waals surface area contributed by atoms with Gasteiger partial charge in [-0.1, -0.05) is 24.3 Å². The van der Waals surface area contributed by atoms with Crippen molar-refractivity contribution in [3.8, 4) is 11.6 Å². The number of nitrogen functional groups attached to an aromatic ring is 1. The standard InChI is InChI=1S/C16H13N3O/c1-9-6-7-11(17)14-15(9)20-16(19-14)13-8-10-4-2-3-5-12(10)18-13/h2-8,18H,17H2,1H3. The molecule has 20 heavy (non-hydrogen) atoms. The third kappa shape index (κ3) is 1.51. The second-order valence-electron chi connectivity index (χ2n) is 4.94. The smallest absolute Gasteiger partial charge is 0.244 e. The van der Waals surface area contributed by atoms with Gasteiger partial charge in [0.15, 0.2) is 5.58 Å². The van der Waals surface area contributed by atoms with Gasteiger partial charge in [-0.2, -0.15) is 0 Å². The van der Waals surface area contributed by atoms with Crippen molar-refractivity contribution >= 4 is 27.7 Å². The van der Waals surface area contributed by atoms with E-state index in [1.165, 1.54) is 0 Å². The number of rotatable bonds is 1. The maximum atomic E-state index is 5.96. The van der Waals surface area contributed by atoms with Crippen LogP contribution in [0.2, 0.25) is 0 Å². The molecule has 4 aromatic rings. The lowest BCUT2D eigenvalue weighted by Gasteiger charge is -1.95. The molecule has 2 aromatic heterocycles. The Morgan fingerprint density at radius 3 is 2.80 bits per heavy atom. The fourth-order valence-corrected chi connectivity index (χ4v) is 2.46. The van der Waals surface area contributed by atoms with E-state index in [-0.39, 0.29) is 0 Å². The van der Waals surface area contributed by atoms with Crippen molar-refractivity contribution < 1.29 is 4.42 Å². The van der Waals surface area contributed by atoms with Crippen molar-refractivity contribution in [1.82, 2.24) is 9.97 Å².